The first kappa shape index (κ1) is 17.5. The Morgan fingerprint density at radius 1 is 1.20 bits per heavy atom. The highest BCUT2D eigenvalue weighted by Crippen LogP contribution is 2.28. The van der Waals surface area contributed by atoms with Crippen LogP contribution in [0.2, 0.25) is 0 Å². The fourth-order valence-corrected chi connectivity index (χ4v) is 3.47. The summed E-state index contributed by atoms with van der Waals surface area (Å²) in [5, 5.41) is 6.59. The minimum Gasteiger partial charge on any atom is -0.382 e. The number of aryl methyl sites for hydroxylation is 1. The molecule has 2 N–H and O–H groups in total. The number of rotatable bonds is 5. The van der Waals surface area contributed by atoms with E-state index in [0.29, 0.717) is 17.7 Å². The van der Waals surface area contributed by atoms with E-state index in [-0.39, 0.29) is 5.91 Å². The van der Waals surface area contributed by atoms with E-state index in [1.165, 1.54) is 25.7 Å². The molecule has 0 saturated heterocycles. The molecule has 1 aromatic carbocycles. The SMILES string of the molecule is Cc1cccc(C(C)C)c1NC(=O)c1cc(NC2CCCC2)ccn1. The van der Waals surface area contributed by atoms with Crippen molar-refractivity contribution in [2.75, 3.05) is 10.6 Å². The van der Waals surface area contributed by atoms with Crippen LogP contribution in [0, 0.1) is 6.92 Å². The van der Waals surface area contributed by atoms with Crippen molar-refractivity contribution < 1.29 is 4.79 Å². The quantitative estimate of drug-likeness (QED) is 0.796. The number of amides is 1. The molecule has 4 heteroatoms. The number of hydrogen-bond acceptors (Lipinski definition) is 3. The number of nitrogens with one attached hydrogen (secondary N) is 2. The van der Waals surface area contributed by atoms with Crippen LogP contribution in [0.4, 0.5) is 11.4 Å². The van der Waals surface area contributed by atoms with E-state index in [1.807, 2.05) is 31.2 Å². The molecule has 0 aliphatic heterocycles. The van der Waals surface area contributed by atoms with E-state index < -0.39 is 0 Å². The summed E-state index contributed by atoms with van der Waals surface area (Å²) in [6.07, 6.45) is 6.66. The number of hydrogen-bond donors (Lipinski definition) is 2. The number of nitrogens with zero attached hydrogens (tertiary/aromatic N) is 1. The van der Waals surface area contributed by atoms with Crippen molar-refractivity contribution in [3.05, 3.63) is 53.3 Å². The van der Waals surface area contributed by atoms with Crippen LogP contribution in [0.25, 0.3) is 0 Å². The number of aromatic nitrogens is 1. The Kier molecular flexibility index (Phi) is 5.37. The minimum atomic E-state index is -0.161. The van der Waals surface area contributed by atoms with Crippen molar-refractivity contribution in [3.8, 4) is 0 Å². The van der Waals surface area contributed by atoms with Crippen LogP contribution >= 0.6 is 0 Å². The number of pyridine rings is 1. The lowest BCUT2D eigenvalue weighted by atomic mass is 9.98. The van der Waals surface area contributed by atoms with Crippen molar-refractivity contribution in [1.29, 1.82) is 0 Å². The Labute approximate surface area is 150 Å². The molecule has 0 bridgehead atoms. The molecular weight excluding hydrogens is 310 g/mol. The summed E-state index contributed by atoms with van der Waals surface area (Å²) in [6, 6.07) is 10.4. The topological polar surface area (TPSA) is 54.0 Å². The zero-order valence-corrected chi connectivity index (χ0v) is 15.3. The van der Waals surface area contributed by atoms with Gasteiger partial charge in [-0.2, -0.15) is 0 Å². The molecule has 0 unspecified atom stereocenters. The average Bonchev–Trinajstić information content (AvgIpc) is 3.09. The summed E-state index contributed by atoms with van der Waals surface area (Å²) in [5.74, 6) is 0.185. The predicted octanol–water partition coefficient (Wildman–Crippen LogP) is 5.12. The molecule has 25 heavy (non-hydrogen) atoms. The third-order valence-electron chi connectivity index (χ3n) is 4.88. The fraction of sp³-hybridized carbons (Fsp3) is 0.429. The van der Waals surface area contributed by atoms with Gasteiger partial charge in [0, 0.05) is 23.6 Å². The van der Waals surface area contributed by atoms with Crippen LogP contribution in [0.15, 0.2) is 36.5 Å². The minimum absolute atomic E-state index is 0.161. The average molecular weight is 337 g/mol. The summed E-state index contributed by atoms with van der Waals surface area (Å²) >= 11 is 0. The van der Waals surface area contributed by atoms with Crippen molar-refractivity contribution in [1.82, 2.24) is 4.98 Å². The Morgan fingerprint density at radius 3 is 2.68 bits per heavy atom. The maximum Gasteiger partial charge on any atom is 0.274 e. The van der Waals surface area contributed by atoms with Crippen LogP contribution in [-0.4, -0.2) is 16.9 Å². The number of para-hydroxylation sites is 1. The van der Waals surface area contributed by atoms with Crippen LogP contribution in [0.5, 0.6) is 0 Å². The third kappa shape index (κ3) is 4.19. The largest absolute Gasteiger partial charge is 0.382 e. The Balaban J connectivity index is 1.78. The molecule has 4 nitrogen and oxygen atoms in total. The molecule has 1 aromatic heterocycles. The summed E-state index contributed by atoms with van der Waals surface area (Å²) in [7, 11) is 0. The van der Waals surface area contributed by atoms with Crippen LogP contribution < -0.4 is 10.6 Å². The monoisotopic (exact) mass is 337 g/mol. The highest BCUT2D eigenvalue weighted by Gasteiger charge is 2.17. The molecule has 1 aliphatic rings. The molecule has 132 valence electrons. The highest BCUT2D eigenvalue weighted by molar-refractivity contribution is 6.04. The van der Waals surface area contributed by atoms with Gasteiger partial charge < -0.3 is 10.6 Å². The van der Waals surface area contributed by atoms with Crippen LogP contribution in [-0.2, 0) is 0 Å². The summed E-state index contributed by atoms with van der Waals surface area (Å²) < 4.78 is 0. The van der Waals surface area contributed by atoms with Crippen LogP contribution in [0.3, 0.4) is 0 Å². The van der Waals surface area contributed by atoms with E-state index in [2.05, 4.69) is 35.5 Å². The van der Waals surface area contributed by atoms with Crippen molar-refractivity contribution in [3.63, 3.8) is 0 Å². The lowest BCUT2D eigenvalue weighted by molar-refractivity contribution is 0.102. The molecule has 1 heterocycles. The van der Waals surface area contributed by atoms with Gasteiger partial charge in [-0.25, -0.2) is 0 Å². The molecule has 1 saturated carbocycles. The normalized spacial score (nSPS) is 14.7. The highest BCUT2D eigenvalue weighted by atomic mass is 16.1. The van der Waals surface area contributed by atoms with E-state index in [0.717, 1.165) is 22.5 Å². The first-order valence-electron chi connectivity index (χ1n) is 9.18. The van der Waals surface area contributed by atoms with Gasteiger partial charge in [0.2, 0.25) is 0 Å². The molecule has 0 atom stereocenters. The van der Waals surface area contributed by atoms with Gasteiger partial charge in [0.25, 0.3) is 5.91 Å². The standard InChI is InChI=1S/C21H27N3O/c1-14(2)18-10-6-7-15(3)20(18)24-21(25)19-13-17(11-12-22-19)23-16-8-4-5-9-16/h6-7,10-14,16H,4-5,8-9H2,1-3H3,(H,22,23)(H,24,25). The van der Waals surface area contributed by atoms with Gasteiger partial charge in [-0.05, 0) is 48.9 Å². The predicted molar refractivity (Wildman–Crippen MR) is 103 cm³/mol. The van der Waals surface area contributed by atoms with Crippen molar-refractivity contribution in [2.45, 2.75) is 58.4 Å². The second-order valence-corrected chi connectivity index (χ2v) is 7.20. The first-order valence-corrected chi connectivity index (χ1v) is 9.18. The Morgan fingerprint density at radius 2 is 1.96 bits per heavy atom. The first-order chi connectivity index (χ1) is 12.0. The van der Waals surface area contributed by atoms with Gasteiger partial charge in [0.15, 0.2) is 0 Å². The summed E-state index contributed by atoms with van der Waals surface area (Å²) in [6.45, 7) is 6.29. The molecule has 1 amide bonds. The van der Waals surface area contributed by atoms with Crippen molar-refractivity contribution >= 4 is 17.3 Å². The number of carbonyl (C=O) groups is 1. The fourth-order valence-electron chi connectivity index (χ4n) is 3.47. The van der Waals surface area contributed by atoms with Gasteiger partial charge >= 0.3 is 0 Å². The third-order valence-corrected chi connectivity index (χ3v) is 4.88. The van der Waals surface area contributed by atoms with Gasteiger partial charge in [-0.15, -0.1) is 0 Å². The Hall–Kier alpha value is -2.36. The molecule has 3 rings (SSSR count). The molecule has 1 aliphatic carbocycles. The molecule has 0 spiro atoms. The number of carbonyl (C=O) groups excluding carboxylic acids is 1. The molecular formula is C21H27N3O. The lowest BCUT2D eigenvalue weighted by Gasteiger charge is -2.17. The van der Waals surface area contributed by atoms with Gasteiger partial charge in [-0.3, -0.25) is 9.78 Å². The summed E-state index contributed by atoms with van der Waals surface area (Å²) in [4.78, 5) is 17.0. The van der Waals surface area contributed by atoms with Gasteiger partial charge in [0.05, 0.1) is 0 Å². The zero-order valence-electron chi connectivity index (χ0n) is 15.3. The maximum absolute atomic E-state index is 12.7. The van der Waals surface area contributed by atoms with E-state index >= 15 is 0 Å². The Bertz CT molecular complexity index is 749. The maximum atomic E-state index is 12.7. The smallest absolute Gasteiger partial charge is 0.274 e. The number of benzene rings is 1. The van der Waals surface area contributed by atoms with E-state index in [4.69, 9.17) is 0 Å². The number of anilines is 2. The zero-order chi connectivity index (χ0) is 17.8. The molecule has 0 radical (unpaired) electrons. The van der Waals surface area contributed by atoms with E-state index in [1.54, 1.807) is 6.20 Å². The summed E-state index contributed by atoms with van der Waals surface area (Å²) in [5.41, 5.74) is 4.54. The second-order valence-electron chi connectivity index (χ2n) is 7.20. The van der Waals surface area contributed by atoms with Gasteiger partial charge in [0.1, 0.15) is 5.69 Å². The van der Waals surface area contributed by atoms with Crippen molar-refractivity contribution in [2.24, 2.45) is 0 Å². The van der Waals surface area contributed by atoms with Gasteiger partial charge in [-0.1, -0.05) is 44.9 Å². The van der Waals surface area contributed by atoms with Crippen LogP contribution in [0.1, 0.15) is 67.1 Å². The molecule has 2 aromatic rings. The lowest BCUT2D eigenvalue weighted by Crippen LogP contribution is -2.18. The van der Waals surface area contributed by atoms with E-state index in [9.17, 15) is 4.79 Å². The molecule has 1 fully saturated rings. The second kappa shape index (κ2) is 7.68.